The summed E-state index contributed by atoms with van der Waals surface area (Å²) < 4.78 is 5.92. The molecule has 0 bridgehead atoms. The van der Waals surface area contributed by atoms with Crippen LogP contribution in [-0.4, -0.2) is 30.8 Å². The number of carbonyl (C=O) groups is 1. The number of aliphatic hydroxyl groups is 1. The predicted molar refractivity (Wildman–Crippen MR) is 96.5 cm³/mol. The molecule has 24 heavy (non-hydrogen) atoms. The molecular weight excluding hydrogens is 302 g/mol. The number of benzene rings is 1. The molecule has 0 heterocycles. The van der Waals surface area contributed by atoms with Crippen molar-refractivity contribution >= 4 is 5.91 Å². The normalized spacial score (nSPS) is 18.0. The SMILES string of the molecule is CCCOc1cc(C)c2c(c1C)C[C@H]([C@H](C)C(=O)NCCO)CC2. The third-order valence-electron chi connectivity index (χ3n) is 5.23. The fourth-order valence-corrected chi connectivity index (χ4v) is 3.67. The van der Waals surface area contributed by atoms with Crippen molar-refractivity contribution in [2.24, 2.45) is 11.8 Å². The lowest BCUT2D eigenvalue weighted by atomic mass is 9.74. The zero-order chi connectivity index (χ0) is 17.7. The Bertz CT molecular complexity index is 583. The number of rotatable bonds is 7. The molecule has 0 unspecified atom stereocenters. The monoisotopic (exact) mass is 333 g/mol. The zero-order valence-electron chi connectivity index (χ0n) is 15.4. The smallest absolute Gasteiger partial charge is 0.223 e. The molecule has 0 saturated carbocycles. The Balaban J connectivity index is 2.19. The molecule has 4 heteroatoms. The van der Waals surface area contributed by atoms with Crippen molar-refractivity contribution in [2.75, 3.05) is 19.8 Å². The standard InChI is InChI=1S/C20H31NO3/c1-5-10-24-19-11-13(2)17-7-6-16(12-18(17)15(19)4)14(3)20(23)21-8-9-22/h11,14,16,22H,5-10,12H2,1-4H3,(H,21,23)/t14-,16+/m0/s1. The molecular formula is C20H31NO3. The summed E-state index contributed by atoms with van der Waals surface area (Å²) in [5.41, 5.74) is 5.35. The van der Waals surface area contributed by atoms with Crippen molar-refractivity contribution in [2.45, 2.75) is 53.4 Å². The van der Waals surface area contributed by atoms with Crippen LogP contribution in [0, 0.1) is 25.7 Å². The number of carbonyl (C=O) groups excluding carboxylic acids is 1. The molecule has 0 aromatic heterocycles. The number of amides is 1. The van der Waals surface area contributed by atoms with Gasteiger partial charge >= 0.3 is 0 Å². The molecule has 0 aliphatic heterocycles. The van der Waals surface area contributed by atoms with Gasteiger partial charge in [0.25, 0.3) is 0 Å². The summed E-state index contributed by atoms with van der Waals surface area (Å²) in [7, 11) is 0. The molecule has 1 aliphatic rings. The maximum atomic E-state index is 12.2. The first-order chi connectivity index (χ1) is 11.5. The average molecular weight is 333 g/mol. The maximum absolute atomic E-state index is 12.2. The molecule has 0 fully saturated rings. The molecule has 2 rings (SSSR count). The quantitative estimate of drug-likeness (QED) is 0.806. The summed E-state index contributed by atoms with van der Waals surface area (Å²) in [5, 5.41) is 11.7. The van der Waals surface area contributed by atoms with Crippen LogP contribution in [0.15, 0.2) is 6.07 Å². The van der Waals surface area contributed by atoms with Gasteiger partial charge in [-0.3, -0.25) is 4.79 Å². The van der Waals surface area contributed by atoms with E-state index >= 15 is 0 Å². The Hall–Kier alpha value is -1.55. The van der Waals surface area contributed by atoms with Gasteiger partial charge in [-0.25, -0.2) is 0 Å². The van der Waals surface area contributed by atoms with Crippen molar-refractivity contribution in [3.05, 3.63) is 28.3 Å². The van der Waals surface area contributed by atoms with E-state index in [9.17, 15) is 4.79 Å². The van der Waals surface area contributed by atoms with Gasteiger partial charge in [0, 0.05) is 12.5 Å². The van der Waals surface area contributed by atoms with Crippen LogP contribution in [-0.2, 0) is 17.6 Å². The van der Waals surface area contributed by atoms with E-state index in [2.05, 4.69) is 32.2 Å². The Kier molecular flexibility index (Phi) is 6.67. The molecule has 2 atom stereocenters. The summed E-state index contributed by atoms with van der Waals surface area (Å²) in [6, 6.07) is 2.17. The third kappa shape index (κ3) is 4.10. The molecule has 0 spiro atoms. The second-order valence-electron chi connectivity index (χ2n) is 6.93. The van der Waals surface area contributed by atoms with Crippen molar-refractivity contribution in [1.82, 2.24) is 5.32 Å². The van der Waals surface area contributed by atoms with Crippen LogP contribution >= 0.6 is 0 Å². The van der Waals surface area contributed by atoms with E-state index in [0.29, 0.717) is 12.5 Å². The van der Waals surface area contributed by atoms with E-state index in [1.807, 2.05) is 6.92 Å². The van der Waals surface area contributed by atoms with Crippen molar-refractivity contribution in [3.8, 4) is 5.75 Å². The highest BCUT2D eigenvalue weighted by molar-refractivity contribution is 5.78. The molecule has 134 valence electrons. The van der Waals surface area contributed by atoms with Gasteiger partial charge in [0.2, 0.25) is 5.91 Å². The molecule has 1 amide bonds. The number of nitrogens with one attached hydrogen (secondary N) is 1. The van der Waals surface area contributed by atoms with Gasteiger partial charge in [0.05, 0.1) is 13.2 Å². The highest BCUT2D eigenvalue weighted by Crippen LogP contribution is 2.37. The van der Waals surface area contributed by atoms with Gasteiger partial charge in [-0.05, 0) is 73.8 Å². The minimum atomic E-state index is -0.0374. The molecule has 4 nitrogen and oxygen atoms in total. The van der Waals surface area contributed by atoms with Gasteiger partial charge in [-0.15, -0.1) is 0 Å². The summed E-state index contributed by atoms with van der Waals surface area (Å²) >= 11 is 0. The summed E-state index contributed by atoms with van der Waals surface area (Å²) in [4.78, 5) is 12.2. The number of fused-ring (bicyclic) bond motifs is 1. The Morgan fingerprint density at radius 3 is 2.83 bits per heavy atom. The zero-order valence-corrected chi connectivity index (χ0v) is 15.4. The van der Waals surface area contributed by atoms with Gasteiger partial charge in [0.15, 0.2) is 0 Å². The van der Waals surface area contributed by atoms with E-state index in [-0.39, 0.29) is 18.4 Å². The third-order valence-corrected chi connectivity index (χ3v) is 5.23. The molecule has 1 aliphatic carbocycles. The van der Waals surface area contributed by atoms with Crippen LogP contribution in [0.5, 0.6) is 5.75 Å². The van der Waals surface area contributed by atoms with E-state index in [4.69, 9.17) is 9.84 Å². The number of aliphatic hydroxyl groups excluding tert-OH is 1. The maximum Gasteiger partial charge on any atom is 0.223 e. The minimum Gasteiger partial charge on any atom is -0.493 e. The molecule has 1 aromatic carbocycles. The van der Waals surface area contributed by atoms with Gasteiger partial charge in [-0.1, -0.05) is 13.8 Å². The van der Waals surface area contributed by atoms with Crippen LogP contribution < -0.4 is 10.1 Å². The van der Waals surface area contributed by atoms with Crippen LogP contribution in [0.4, 0.5) is 0 Å². The van der Waals surface area contributed by atoms with E-state index < -0.39 is 0 Å². The first kappa shape index (κ1) is 18.8. The van der Waals surface area contributed by atoms with Gasteiger partial charge in [0.1, 0.15) is 5.75 Å². The predicted octanol–water partition coefficient (Wildman–Crippen LogP) is 2.94. The van der Waals surface area contributed by atoms with Crippen LogP contribution in [0.25, 0.3) is 0 Å². The van der Waals surface area contributed by atoms with Crippen molar-refractivity contribution < 1.29 is 14.6 Å². The number of aryl methyl sites for hydroxylation is 1. The lowest BCUT2D eigenvalue weighted by Crippen LogP contribution is -2.37. The summed E-state index contributed by atoms with van der Waals surface area (Å²) in [5.74, 6) is 1.34. The first-order valence-electron chi connectivity index (χ1n) is 9.12. The highest BCUT2D eigenvalue weighted by atomic mass is 16.5. The van der Waals surface area contributed by atoms with E-state index in [1.165, 1.54) is 22.3 Å². The molecule has 2 N–H and O–H groups in total. The first-order valence-corrected chi connectivity index (χ1v) is 9.12. The van der Waals surface area contributed by atoms with Crippen LogP contribution in [0.2, 0.25) is 0 Å². The van der Waals surface area contributed by atoms with Crippen molar-refractivity contribution in [1.29, 1.82) is 0 Å². The second kappa shape index (κ2) is 8.52. The Labute approximate surface area is 145 Å². The van der Waals surface area contributed by atoms with Gasteiger partial charge < -0.3 is 15.2 Å². The summed E-state index contributed by atoms with van der Waals surface area (Å²) in [6.07, 6.45) is 3.99. The highest BCUT2D eigenvalue weighted by Gasteiger charge is 2.30. The average Bonchev–Trinajstić information content (AvgIpc) is 2.60. The lowest BCUT2D eigenvalue weighted by molar-refractivity contribution is -0.126. The number of hydrogen-bond acceptors (Lipinski definition) is 3. The number of hydrogen-bond donors (Lipinski definition) is 2. The van der Waals surface area contributed by atoms with Crippen molar-refractivity contribution in [3.63, 3.8) is 0 Å². The van der Waals surface area contributed by atoms with Crippen LogP contribution in [0.3, 0.4) is 0 Å². The lowest BCUT2D eigenvalue weighted by Gasteiger charge is -2.31. The van der Waals surface area contributed by atoms with E-state index in [1.54, 1.807) is 0 Å². The Morgan fingerprint density at radius 2 is 2.17 bits per heavy atom. The van der Waals surface area contributed by atoms with Gasteiger partial charge in [-0.2, -0.15) is 0 Å². The molecule has 0 radical (unpaired) electrons. The Morgan fingerprint density at radius 1 is 1.42 bits per heavy atom. The molecule has 1 aromatic rings. The second-order valence-corrected chi connectivity index (χ2v) is 6.93. The number of ether oxygens (including phenoxy) is 1. The molecule has 0 saturated heterocycles. The van der Waals surface area contributed by atoms with E-state index in [0.717, 1.165) is 38.0 Å². The minimum absolute atomic E-state index is 0.0115. The fourth-order valence-electron chi connectivity index (χ4n) is 3.67. The topological polar surface area (TPSA) is 58.6 Å². The summed E-state index contributed by atoms with van der Waals surface area (Å²) in [6.45, 7) is 9.48. The largest absolute Gasteiger partial charge is 0.493 e. The van der Waals surface area contributed by atoms with Crippen LogP contribution in [0.1, 0.15) is 48.9 Å². The fraction of sp³-hybridized carbons (Fsp3) is 0.650.